The molecule has 1 atom stereocenters. The third-order valence-electron chi connectivity index (χ3n) is 4.86. The minimum Gasteiger partial charge on any atom is -0.758 e. The van der Waals surface area contributed by atoms with Gasteiger partial charge in [-0.25, -0.2) is 4.98 Å². The van der Waals surface area contributed by atoms with Crippen molar-refractivity contribution in [1.29, 1.82) is 0 Å². The number of amides is 1. The molecule has 28 heavy (non-hydrogen) atoms. The molecule has 1 N–H and O–H groups in total. The number of carbonyl (C=O) groups excluding carboxylic acids is 2. The maximum absolute atomic E-state index is 13.1. The highest BCUT2D eigenvalue weighted by molar-refractivity contribution is 6.11. The lowest BCUT2D eigenvalue weighted by molar-refractivity contribution is 0.0947. The number of benzene rings is 1. The number of ketones is 1. The molecule has 8 heteroatoms. The summed E-state index contributed by atoms with van der Waals surface area (Å²) in [7, 11) is 0. The van der Waals surface area contributed by atoms with Gasteiger partial charge in [0.2, 0.25) is 5.95 Å². The molecule has 3 rings (SSSR count). The second kappa shape index (κ2) is 8.90. The van der Waals surface area contributed by atoms with E-state index in [0.29, 0.717) is 43.9 Å². The predicted molar refractivity (Wildman–Crippen MR) is 104 cm³/mol. The Morgan fingerprint density at radius 3 is 2.82 bits per heavy atom. The van der Waals surface area contributed by atoms with E-state index < -0.39 is 12.0 Å². The normalized spacial score (nSPS) is 15.8. The average Bonchev–Trinajstić information content (AvgIpc) is 2.95. The Bertz CT molecular complexity index is 861. The molecular formula is C20H22FN4O3-. The maximum Gasteiger partial charge on any atom is 0.251 e. The van der Waals surface area contributed by atoms with Crippen LogP contribution in [0.1, 0.15) is 34.1 Å². The molecule has 7 nitrogen and oxygen atoms in total. The van der Waals surface area contributed by atoms with Crippen LogP contribution in [0.5, 0.6) is 0 Å². The fourth-order valence-corrected chi connectivity index (χ4v) is 3.28. The summed E-state index contributed by atoms with van der Waals surface area (Å²) >= 11 is 0. The molecule has 0 aliphatic carbocycles. The van der Waals surface area contributed by atoms with Gasteiger partial charge in [-0.2, -0.15) is 4.39 Å². The van der Waals surface area contributed by atoms with Crippen molar-refractivity contribution in [3.8, 4) is 0 Å². The molecule has 1 aromatic heterocycles. The zero-order valence-electron chi connectivity index (χ0n) is 15.6. The quantitative estimate of drug-likeness (QED) is 0.701. The molecule has 0 radical (unpaired) electrons. The van der Waals surface area contributed by atoms with Gasteiger partial charge in [0.1, 0.15) is 0 Å². The first-order valence-corrected chi connectivity index (χ1v) is 9.23. The number of para-hydroxylation sites is 1. The molecule has 0 spiro atoms. The molecule has 1 aromatic carbocycles. The summed E-state index contributed by atoms with van der Waals surface area (Å²) in [5, 5.41) is 15.9. The number of hydrogen-bond acceptors (Lipinski definition) is 6. The average molecular weight is 385 g/mol. The lowest BCUT2D eigenvalue weighted by atomic mass is 10.1. The van der Waals surface area contributed by atoms with Gasteiger partial charge in [0.15, 0.2) is 5.78 Å². The zero-order valence-corrected chi connectivity index (χ0v) is 15.6. The van der Waals surface area contributed by atoms with Gasteiger partial charge in [0.05, 0.1) is 6.04 Å². The van der Waals surface area contributed by atoms with E-state index in [1.165, 1.54) is 12.3 Å². The number of hydroxylamine groups is 1. The fourth-order valence-electron chi connectivity index (χ4n) is 3.28. The van der Waals surface area contributed by atoms with Crippen LogP contribution in [-0.2, 0) is 0 Å². The van der Waals surface area contributed by atoms with Gasteiger partial charge in [-0.3, -0.25) is 9.59 Å². The van der Waals surface area contributed by atoms with Crippen LogP contribution in [0.2, 0.25) is 0 Å². The number of halogens is 1. The molecule has 2 aromatic rings. The van der Waals surface area contributed by atoms with Gasteiger partial charge < -0.3 is 20.5 Å². The Morgan fingerprint density at radius 2 is 2.11 bits per heavy atom. The summed E-state index contributed by atoms with van der Waals surface area (Å²) in [5.74, 6) is -1.22. The Labute approximate surface area is 162 Å². The lowest BCUT2D eigenvalue weighted by Gasteiger charge is -2.33. The first-order chi connectivity index (χ1) is 13.5. The molecule has 0 bridgehead atoms. The van der Waals surface area contributed by atoms with Gasteiger partial charge in [-0.05, 0) is 31.2 Å². The second-order valence-electron chi connectivity index (χ2n) is 6.57. The summed E-state index contributed by atoms with van der Waals surface area (Å²) in [6, 6.07) is 8.66. The van der Waals surface area contributed by atoms with Crippen molar-refractivity contribution in [3.05, 3.63) is 64.9 Å². The van der Waals surface area contributed by atoms with Crippen molar-refractivity contribution >= 4 is 17.4 Å². The van der Waals surface area contributed by atoms with Crippen LogP contribution in [0.25, 0.3) is 0 Å². The Balaban J connectivity index is 1.48. The molecule has 1 aliphatic heterocycles. The second-order valence-corrected chi connectivity index (χ2v) is 6.57. The van der Waals surface area contributed by atoms with Crippen LogP contribution in [-0.4, -0.2) is 53.8 Å². The SMILES string of the molecule is CCN(CCNC(=O)c1ccnc(F)c1)CCC1C(=O)c2ccccc2N1[O-]. The number of nitrogens with one attached hydrogen (secondary N) is 1. The lowest BCUT2D eigenvalue weighted by Crippen LogP contribution is -2.39. The molecule has 148 valence electrons. The van der Waals surface area contributed by atoms with E-state index in [4.69, 9.17) is 0 Å². The summed E-state index contributed by atoms with van der Waals surface area (Å²) < 4.78 is 13.1. The molecule has 2 heterocycles. The van der Waals surface area contributed by atoms with Crippen LogP contribution >= 0.6 is 0 Å². The Morgan fingerprint density at radius 1 is 1.32 bits per heavy atom. The van der Waals surface area contributed by atoms with E-state index in [1.54, 1.807) is 24.3 Å². The summed E-state index contributed by atoms with van der Waals surface area (Å²) in [6.45, 7) is 4.17. The standard InChI is InChI=1S/C20H22FN4O3/c1-2-24(12-10-23-20(27)14-7-9-22-18(21)13-14)11-8-17-19(26)15-5-3-4-6-16(15)25(17)28/h3-7,9,13,17H,2,8,10-12H2,1H3,(H,23,27)/q-1. The van der Waals surface area contributed by atoms with Crippen molar-refractivity contribution in [2.45, 2.75) is 19.4 Å². The zero-order chi connectivity index (χ0) is 20.1. The number of nitrogens with zero attached hydrogens (tertiary/aromatic N) is 3. The highest BCUT2D eigenvalue weighted by atomic mass is 19.1. The number of Topliss-reactive ketones (excluding diaryl/α,β-unsaturated/α-hetero) is 1. The van der Waals surface area contributed by atoms with Crippen LogP contribution in [0.4, 0.5) is 10.1 Å². The largest absolute Gasteiger partial charge is 0.758 e. The van der Waals surface area contributed by atoms with E-state index in [2.05, 4.69) is 15.2 Å². The molecule has 0 fully saturated rings. The highest BCUT2D eigenvalue weighted by Gasteiger charge is 2.31. The Kier molecular flexibility index (Phi) is 6.33. The number of carbonyl (C=O) groups is 2. The topological polar surface area (TPSA) is 88.6 Å². The van der Waals surface area contributed by atoms with Crippen LogP contribution in [0.15, 0.2) is 42.6 Å². The predicted octanol–water partition coefficient (Wildman–Crippen LogP) is 2.23. The first kappa shape index (κ1) is 19.9. The maximum atomic E-state index is 13.1. The van der Waals surface area contributed by atoms with Crippen molar-refractivity contribution in [2.24, 2.45) is 0 Å². The minimum absolute atomic E-state index is 0.144. The van der Waals surface area contributed by atoms with Gasteiger partial charge in [0, 0.05) is 48.7 Å². The van der Waals surface area contributed by atoms with E-state index in [0.717, 1.165) is 11.1 Å². The molecule has 1 aliphatic rings. The van der Waals surface area contributed by atoms with Crippen LogP contribution < -0.4 is 10.4 Å². The van der Waals surface area contributed by atoms with E-state index in [-0.39, 0.29) is 17.3 Å². The molecule has 0 saturated heterocycles. The summed E-state index contributed by atoms with van der Waals surface area (Å²) in [4.78, 5) is 29.9. The van der Waals surface area contributed by atoms with Crippen LogP contribution in [0, 0.1) is 11.2 Å². The van der Waals surface area contributed by atoms with E-state index in [1.807, 2.05) is 6.92 Å². The van der Waals surface area contributed by atoms with Crippen molar-refractivity contribution in [2.75, 3.05) is 31.2 Å². The van der Waals surface area contributed by atoms with Gasteiger partial charge in [-0.15, -0.1) is 0 Å². The monoisotopic (exact) mass is 385 g/mol. The van der Waals surface area contributed by atoms with Gasteiger partial charge in [0.25, 0.3) is 5.91 Å². The highest BCUT2D eigenvalue weighted by Crippen LogP contribution is 2.32. The summed E-state index contributed by atoms with van der Waals surface area (Å²) in [6.07, 6.45) is 1.66. The summed E-state index contributed by atoms with van der Waals surface area (Å²) in [5.41, 5.74) is 1.12. The number of aromatic nitrogens is 1. The third kappa shape index (κ3) is 4.35. The minimum atomic E-state index is -0.708. The number of hydrogen-bond donors (Lipinski definition) is 1. The first-order valence-electron chi connectivity index (χ1n) is 9.23. The fraction of sp³-hybridized carbons (Fsp3) is 0.350. The third-order valence-corrected chi connectivity index (χ3v) is 4.86. The van der Waals surface area contributed by atoms with Gasteiger partial charge in [-0.1, -0.05) is 19.1 Å². The van der Waals surface area contributed by atoms with E-state index >= 15 is 0 Å². The number of anilines is 1. The molecule has 1 unspecified atom stereocenters. The molecular weight excluding hydrogens is 363 g/mol. The number of fused-ring (bicyclic) bond motifs is 1. The number of likely N-dealkylation sites (N-methyl/N-ethyl adjacent to an activating group) is 1. The number of rotatable bonds is 8. The number of pyridine rings is 1. The Hall–Kier alpha value is -2.84. The molecule has 1 amide bonds. The van der Waals surface area contributed by atoms with Crippen LogP contribution in [0.3, 0.4) is 0 Å². The molecule has 0 saturated carbocycles. The smallest absolute Gasteiger partial charge is 0.251 e. The van der Waals surface area contributed by atoms with E-state index in [9.17, 15) is 19.2 Å². The van der Waals surface area contributed by atoms with Crippen molar-refractivity contribution < 1.29 is 14.0 Å². The van der Waals surface area contributed by atoms with Crippen molar-refractivity contribution in [1.82, 2.24) is 15.2 Å². The van der Waals surface area contributed by atoms with Crippen molar-refractivity contribution in [3.63, 3.8) is 0 Å². The van der Waals surface area contributed by atoms with Gasteiger partial charge >= 0.3 is 0 Å².